The van der Waals surface area contributed by atoms with Gasteiger partial charge in [0.15, 0.2) is 0 Å². The molecule has 4 nitrogen and oxygen atoms in total. The first-order chi connectivity index (χ1) is 14.9. The number of hydrogen-bond donors (Lipinski definition) is 1. The van der Waals surface area contributed by atoms with E-state index in [9.17, 15) is 9.59 Å². The largest absolute Gasteiger partial charge is 0.352 e. The highest BCUT2D eigenvalue weighted by Crippen LogP contribution is 2.25. The molecule has 1 atom stereocenters. The molecule has 3 rings (SSSR count). The van der Waals surface area contributed by atoms with Gasteiger partial charge in [0.1, 0.15) is 6.04 Å². The molecule has 2 aromatic rings. The number of benzene rings is 2. The predicted octanol–water partition coefficient (Wildman–Crippen LogP) is 6.06. The van der Waals surface area contributed by atoms with Crippen molar-refractivity contribution < 1.29 is 9.59 Å². The first-order valence-electron chi connectivity index (χ1n) is 10.7. The average Bonchev–Trinajstić information content (AvgIpc) is 3.24. The molecular weight excluding hydrogens is 455 g/mol. The van der Waals surface area contributed by atoms with Crippen LogP contribution in [0.1, 0.15) is 50.2 Å². The van der Waals surface area contributed by atoms with Crippen molar-refractivity contribution in [1.29, 1.82) is 0 Å². The molecule has 1 aliphatic carbocycles. The molecule has 0 bridgehead atoms. The Balaban J connectivity index is 1.86. The Bertz CT molecular complexity index is 929. The van der Waals surface area contributed by atoms with Crippen LogP contribution in [0.25, 0.3) is 0 Å². The van der Waals surface area contributed by atoms with E-state index in [1.165, 1.54) is 0 Å². The molecule has 31 heavy (non-hydrogen) atoms. The molecule has 1 unspecified atom stereocenters. The van der Waals surface area contributed by atoms with Crippen LogP contribution in [0.2, 0.25) is 15.1 Å². The summed E-state index contributed by atoms with van der Waals surface area (Å²) in [6.07, 6.45) is 4.82. The van der Waals surface area contributed by atoms with E-state index in [2.05, 4.69) is 5.32 Å². The molecule has 1 aliphatic rings. The van der Waals surface area contributed by atoms with Crippen molar-refractivity contribution in [2.24, 2.45) is 0 Å². The van der Waals surface area contributed by atoms with Gasteiger partial charge in [0.05, 0.1) is 6.42 Å². The van der Waals surface area contributed by atoms with Gasteiger partial charge >= 0.3 is 0 Å². The first kappa shape index (κ1) is 23.9. The minimum atomic E-state index is -0.595. The summed E-state index contributed by atoms with van der Waals surface area (Å²) in [6, 6.07) is 12.0. The van der Waals surface area contributed by atoms with Gasteiger partial charge in [-0.25, -0.2) is 0 Å². The summed E-state index contributed by atoms with van der Waals surface area (Å²) in [4.78, 5) is 28.2. The third-order valence-corrected chi connectivity index (χ3v) is 6.70. The quantitative estimate of drug-likeness (QED) is 0.498. The predicted molar refractivity (Wildman–Crippen MR) is 127 cm³/mol. The minimum Gasteiger partial charge on any atom is -0.352 e. The lowest BCUT2D eigenvalue weighted by Crippen LogP contribution is -2.51. The zero-order chi connectivity index (χ0) is 22.4. The Kier molecular flexibility index (Phi) is 8.65. The number of carbonyl (C=O) groups excluding carboxylic acids is 2. The molecule has 0 saturated heterocycles. The number of carbonyl (C=O) groups is 2. The highest BCUT2D eigenvalue weighted by molar-refractivity contribution is 6.35. The lowest BCUT2D eigenvalue weighted by Gasteiger charge is -2.32. The van der Waals surface area contributed by atoms with Gasteiger partial charge in [0.25, 0.3) is 0 Å². The lowest BCUT2D eigenvalue weighted by atomic mass is 10.1. The van der Waals surface area contributed by atoms with Crippen LogP contribution in [-0.2, 0) is 22.6 Å². The molecule has 0 aliphatic heterocycles. The third-order valence-electron chi connectivity index (χ3n) is 5.74. The van der Waals surface area contributed by atoms with Crippen molar-refractivity contribution in [2.75, 3.05) is 0 Å². The van der Waals surface area contributed by atoms with Crippen LogP contribution < -0.4 is 5.32 Å². The van der Waals surface area contributed by atoms with Crippen molar-refractivity contribution >= 4 is 46.6 Å². The third kappa shape index (κ3) is 6.38. The molecule has 2 amide bonds. The minimum absolute atomic E-state index is 0.109. The summed E-state index contributed by atoms with van der Waals surface area (Å²) < 4.78 is 0. The summed E-state index contributed by atoms with van der Waals surface area (Å²) in [5.74, 6) is -0.292. The Labute approximate surface area is 198 Å². The Morgan fingerprint density at radius 3 is 2.39 bits per heavy atom. The van der Waals surface area contributed by atoms with Gasteiger partial charge in [-0.15, -0.1) is 0 Å². The zero-order valence-electron chi connectivity index (χ0n) is 17.5. The Morgan fingerprint density at radius 1 is 1.03 bits per heavy atom. The van der Waals surface area contributed by atoms with E-state index in [1.54, 1.807) is 29.2 Å². The van der Waals surface area contributed by atoms with Crippen molar-refractivity contribution in [3.8, 4) is 0 Å². The maximum absolute atomic E-state index is 13.4. The summed E-state index contributed by atoms with van der Waals surface area (Å²) in [6.45, 7) is 2.13. The molecule has 2 aromatic carbocycles. The smallest absolute Gasteiger partial charge is 0.243 e. The molecule has 1 N–H and O–H groups in total. The lowest BCUT2D eigenvalue weighted by molar-refractivity contribution is -0.141. The number of amides is 2. The van der Waals surface area contributed by atoms with Gasteiger partial charge in [-0.1, -0.05) is 78.8 Å². The molecule has 0 aromatic heterocycles. The summed E-state index contributed by atoms with van der Waals surface area (Å²) >= 11 is 18.7. The first-order valence-corrected chi connectivity index (χ1v) is 11.8. The van der Waals surface area contributed by atoms with Gasteiger partial charge in [-0.3, -0.25) is 9.59 Å². The fourth-order valence-corrected chi connectivity index (χ4v) is 4.70. The van der Waals surface area contributed by atoms with E-state index < -0.39 is 6.04 Å². The second kappa shape index (κ2) is 11.2. The molecule has 7 heteroatoms. The zero-order valence-corrected chi connectivity index (χ0v) is 19.8. The van der Waals surface area contributed by atoms with Gasteiger partial charge in [-0.05, 0) is 48.6 Å². The topological polar surface area (TPSA) is 49.4 Å². The number of nitrogens with one attached hydrogen (secondary N) is 1. The molecular formula is C24H27Cl3N2O2. The SMILES string of the molecule is CCC(C(=O)NC1CCCC1)N(Cc1ccc(Cl)cc1Cl)C(=O)Cc1ccccc1Cl. The Hall–Kier alpha value is -1.75. The summed E-state index contributed by atoms with van der Waals surface area (Å²) in [7, 11) is 0. The van der Waals surface area contributed by atoms with Crippen LogP contribution in [-0.4, -0.2) is 28.8 Å². The van der Waals surface area contributed by atoms with Crippen LogP contribution in [0.15, 0.2) is 42.5 Å². The summed E-state index contributed by atoms with van der Waals surface area (Å²) in [5.41, 5.74) is 1.47. The van der Waals surface area contributed by atoms with Crippen LogP contribution in [0.3, 0.4) is 0 Å². The normalized spacial score (nSPS) is 15.0. The van der Waals surface area contributed by atoms with Crippen LogP contribution in [0.5, 0.6) is 0 Å². The van der Waals surface area contributed by atoms with Crippen LogP contribution in [0, 0.1) is 0 Å². The Morgan fingerprint density at radius 2 is 1.74 bits per heavy atom. The van der Waals surface area contributed by atoms with Crippen molar-refractivity contribution in [2.45, 2.75) is 64.1 Å². The monoisotopic (exact) mass is 480 g/mol. The number of rotatable bonds is 8. The van der Waals surface area contributed by atoms with Gasteiger partial charge in [0, 0.05) is 27.7 Å². The number of halogens is 3. The van der Waals surface area contributed by atoms with Gasteiger partial charge in [0.2, 0.25) is 11.8 Å². The molecule has 0 radical (unpaired) electrons. The van der Waals surface area contributed by atoms with Crippen molar-refractivity contribution in [1.82, 2.24) is 10.2 Å². The number of hydrogen-bond acceptors (Lipinski definition) is 2. The second-order valence-corrected chi connectivity index (χ2v) is 9.19. The van der Waals surface area contributed by atoms with E-state index in [1.807, 2.05) is 25.1 Å². The van der Waals surface area contributed by atoms with Gasteiger partial charge in [-0.2, -0.15) is 0 Å². The van der Waals surface area contributed by atoms with E-state index in [0.29, 0.717) is 21.5 Å². The van der Waals surface area contributed by atoms with Crippen molar-refractivity contribution in [3.63, 3.8) is 0 Å². The number of nitrogens with zero attached hydrogens (tertiary/aromatic N) is 1. The van der Waals surface area contributed by atoms with E-state index >= 15 is 0 Å². The van der Waals surface area contributed by atoms with Crippen LogP contribution >= 0.6 is 34.8 Å². The van der Waals surface area contributed by atoms with Crippen LogP contribution in [0.4, 0.5) is 0 Å². The average molecular weight is 482 g/mol. The standard InChI is InChI=1S/C24H27Cl3N2O2/c1-2-22(24(31)28-19-8-4-5-9-19)29(15-17-11-12-18(25)14-21(17)27)23(30)13-16-7-3-6-10-20(16)26/h3,6-7,10-12,14,19,22H,2,4-5,8-9,13,15H2,1H3,(H,28,31). The maximum Gasteiger partial charge on any atom is 0.243 e. The van der Waals surface area contributed by atoms with E-state index in [4.69, 9.17) is 34.8 Å². The highest BCUT2D eigenvalue weighted by Gasteiger charge is 2.31. The summed E-state index contributed by atoms with van der Waals surface area (Å²) in [5, 5.41) is 4.66. The maximum atomic E-state index is 13.4. The van der Waals surface area contributed by atoms with Crippen molar-refractivity contribution in [3.05, 3.63) is 68.7 Å². The highest BCUT2D eigenvalue weighted by atomic mass is 35.5. The van der Waals surface area contributed by atoms with E-state index in [0.717, 1.165) is 36.8 Å². The fraction of sp³-hybridized carbons (Fsp3) is 0.417. The van der Waals surface area contributed by atoms with Gasteiger partial charge < -0.3 is 10.2 Å². The second-order valence-electron chi connectivity index (χ2n) is 7.94. The fourth-order valence-electron chi connectivity index (χ4n) is 4.03. The molecule has 1 saturated carbocycles. The molecule has 0 heterocycles. The van der Waals surface area contributed by atoms with E-state index in [-0.39, 0.29) is 30.8 Å². The molecule has 0 spiro atoms. The molecule has 1 fully saturated rings. The molecule has 166 valence electrons.